The lowest BCUT2D eigenvalue weighted by Gasteiger charge is -2.20. The maximum atomic E-state index is 11.3. The van der Waals surface area contributed by atoms with Gasteiger partial charge in [0.2, 0.25) is 5.91 Å². The van der Waals surface area contributed by atoms with E-state index in [-0.39, 0.29) is 5.91 Å². The molecular weight excluding hydrogens is 228 g/mol. The predicted octanol–water partition coefficient (Wildman–Crippen LogP) is 1.04. The molecule has 92 valence electrons. The van der Waals surface area contributed by atoms with Gasteiger partial charge in [0, 0.05) is 13.1 Å². The molecule has 0 aromatic heterocycles. The van der Waals surface area contributed by atoms with Crippen LogP contribution < -0.4 is 5.32 Å². The van der Waals surface area contributed by atoms with E-state index in [0.717, 1.165) is 5.88 Å². The molecule has 0 spiro atoms. The van der Waals surface area contributed by atoms with Crippen molar-refractivity contribution in [2.75, 3.05) is 24.7 Å². The van der Waals surface area contributed by atoms with Gasteiger partial charge < -0.3 is 15.0 Å². The SMILES string of the molecule is CC(C)(C)OC(=O)NCCN1CSCC1=O. The fourth-order valence-electron chi connectivity index (χ4n) is 1.20. The average Bonchev–Trinajstić information content (AvgIpc) is 2.48. The molecule has 1 fully saturated rings. The van der Waals surface area contributed by atoms with Gasteiger partial charge in [-0.05, 0) is 20.8 Å². The second-order valence-electron chi connectivity index (χ2n) is 4.56. The van der Waals surface area contributed by atoms with Crippen LogP contribution in [0.25, 0.3) is 0 Å². The van der Waals surface area contributed by atoms with Crippen LogP contribution in [-0.2, 0) is 9.53 Å². The molecule has 0 aromatic rings. The van der Waals surface area contributed by atoms with Gasteiger partial charge in [0.05, 0.1) is 11.6 Å². The van der Waals surface area contributed by atoms with Crippen molar-refractivity contribution >= 4 is 23.8 Å². The average molecular weight is 246 g/mol. The van der Waals surface area contributed by atoms with E-state index in [0.29, 0.717) is 18.8 Å². The molecule has 1 aliphatic rings. The number of nitrogens with zero attached hydrogens (tertiary/aromatic N) is 1. The first-order valence-corrected chi connectivity index (χ1v) is 6.36. The van der Waals surface area contributed by atoms with E-state index in [1.54, 1.807) is 16.7 Å². The summed E-state index contributed by atoms with van der Waals surface area (Å²) in [6, 6.07) is 0. The van der Waals surface area contributed by atoms with Gasteiger partial charge in [-0.2, -0.15) is 0 Å². The Morgan fingerprint density at radius 1 is 1.56 bits per heavy atom. The second-order valence-corrected chi connectivity index (χ2v) is 5.52. The Labute approximate surface area is 99.9 Å². The second kappa shape index (κ2) is 5.43. The molecule has 0 saturated carbocycles. The minimum atomic E-state index is -0.483. The standard InChI is InChI=1S/C10H18N2O3S/c1-10(2,3)15-9(14)11-4-5-12-7-16-6-8(12)13/h4-7H2,1-3H3,(H,11,14). The van der Waals surface area contributed by atoms with Crippen LogP contribution in [0.2, 0.25) is 0 Å². The smallest absolute Gasteiger partial charge is 0.407 e. The highest BCUT2D eigenvalue weighted by Crippen LogP contribution is 2.13. The number of rotatable bonds is 3. The van der Waals surface area contributed by atoms with Gasteiger partial charge in [0.1, 0.15) is 5.60 Å². The summed E-state index contributed by atoms with van der Waals surface area (Å²) in [4.78, 5) is 24.2. The molecule has 5 nitrogen and oxygen atoms in total. The van der Waals surface area contributed by atoms with Crippen LogP contribution in [0.5, 0.6) is 0 Å². The van der Waals surface area contributed by atoms with E-state index in [2.05, 4.69) is 5.32 Å². The Kier molecular flexibility index (Phi) is 4.46. The molecule has 1 heterocycles. The predicted molar refractivity (Wildman–Crippen MR) is 63.3 cm³/mol. The lowest BCUT2D eigenvalue weighted by molar-refractivity contribution is -0.126. The van der Waals surface area contributed by atoms with Crippen molar-refractivity contribution in [3.8, 4) is 0 Å². The highest BCUT2D eigenvalue weighted by molar-refractivity contribution is 8.00. The molecule has 2 amide bonds. The summed E-state index contributed by atoms with van der Waals surface area (Å²) in [7, 11) is 0. The quantitative estimate of drug-likeness (QED) is 0.808. The van der Waals surface area contributed by atoms with Crippen molar-refractivity contribution in [3.05, 3.63) is 0 Å². The molecule has 0 atom stereocenters. The fraction of sp³-hybridized carbons (Fsp3) is 0.800. The first kappa shape index (κ1) is 13.2. The molecule has 1 N–H and O–H groups in total. The number of alkyl carbamates (subject to hydrolysis) is 1. The largest absolute Gasteiger partial charge is 0.444 e. The molecule has 0 unspecified atom stereocenters. The van der Waals surface area contributed by atoms with E-state index < -0.39 is 11.7 Å². The Morgan fingerprint density at radius 3 is 2.75 bits per heavy atom. The molecule has 16 heavy (non-hydrogen) atoms. The first-order chi connectivity index (χ1) is 7.38. The van der Waals surface area contributed by atoms with Gasteiger partial charge in [-0.15, -0.1) is 11.8 Å². The topological polar surface area (TPSA) is 58.6 Å². The molecule has 0 aliphatic carbocycles. The summed E-state index contributed by atoms with van der Waals surface area (Å²) in [5.74, 6) is 1.40. The lowest BCUT2D eigenvalue weighted by atomic mass is 10.2. The van der Waals surface area contributed by atoms with Crippen molar-refractivity contribution in [2.24, 2.45) is 0 Å². The van der Waals surface area contributed by atoms with Crippen molar-refractivity contribution in [1.29, 1.82) is 0 Å². The monoisotopic (exact) mass is 246 g/mol. The number of hydrogen-bond donors (Lipinski definition) is 1. The van der Waals surface area contributed by atoms with Crippen molar-refractivity contribution in [1.82, 2.24) is 10.2 Å². The summed E-state index contributed by atoms with van der Waals surface area (Å²) in [5, 5.41) is 2.62. The van der Waals surface area contributed by atoms with Gasteiger partial charge in [-0.1, -0.05) is 0 Å². The van der Waals surface area contributed by atoms with Crippen LogP contribution in [0.15, 0.2) is 0 Å². The lowest BCUT2D eigenvalue weighted by Crippen LogP contribution is -2.38. The van der Waals surface area contributed by atoms with Crippen LogP contribution in [0.1, 0.15) is 20.8 Å². The molecular formula is C10H18N2O3S. The van der Waals surface area contributed by atoms with Crippen LogP contribution >= 0.6 is 11.8 Å². The van der Waals surface area contributed by atoms with Crippen LogP contribution in [0.3, 0.4) is 0 Å². The minimum Gasteiger partial charge on any atom is -0.444 e. The summed E-state index contributed by atoms with van der Waals surface area (Å²) >= 11 is 1.59. The van der Waals surface area contributed by atoms with E-state index in [1.165, 1.54) is 0 Å². The van der Waals surface area contributed by atoms with Crippen LogP contribution in [0, 0.1) is 0 Å². The third kappa shape index (κ3) is 4.74. The number of thioether (sulfide) groups is 1. The summed E-state index contributed by atoms with van der Waals surface area (Å²) < 4.78 is 5.07. The van der Waals surface area contributed by atoms with Gasteiger partial charge >= 0.3 is 6.09 Å². The van der Waals surface area contributed by atoms with Gasteiger partial charge in [-0.3, -0.25) is 4.79 Å². The van der Waals surface area contributed by atoms with Gasteiger partial charge in [0.25, 0.3) is 0 Å². The van der Waals surface area contributed by atoms with E-state index in [9.17, 15) is 9.59 Å². The van der Waals surface area contributed by atoms with Crippen LogP contribution in [0.4, 0.5) is 4.79 Å². The Morgan fingerprint density at radius 2 is 2.25 bits per heavy atom. The van der Waals surface area contributed by atoms with E-state index >= 15 is 0 Å². The van der Waals surface area contributed by atoms with E-state index in [4.69, 9.17) is 4.74 Å². The molecule has 1 saturated heterocycles. The Hall–Kier alpha value is -0.910. The van der Waals surface area contributed by atoms with Crippen LogP contribution in [-0.4, -0.2) is 47.2 Å². The maximum absolute atomic E-state index is 11.3. The van der Waals surface area contributed by atoms with Crippen molar-refractivity contribution in [2.45, 2.75) is 26.4 Å². The minimum absolute atomic E-state index is 0.135. The number of carbonyl (C=O) groups excluding carboxylic acids is 2. The van der Waals surface area contributed by atoms with Crippen molar-refractivity contribution < 1.29 is 14.3 Å². The molecule has 6 heteroatoms. The molecule has 1 aliphatic heterocycles. The molecule has 0 aromatic carbocycles. The molecule has 0 bridgehead atoms. The number of amides is 2. The normalized spacial score (nSPS) is 16.4. The number of nitrogens with one attached hydrogen (secondary N) is 1. The molecule has 1 rings (SSSR count). The number of carbonyl (C=O) groups is 2. The molecule has 0 radical (unpaired) electrons. The zero-order valence-electron chi connectivity index (χ0n) is 9.91. The summed E-state index contributed by atoms with van der Waals surface area (Å²) in [6.45, 7) is 6.42. The van der Waals surface area contributed by atoms with Crippen molar-refractivity contribution in [3.63, 3.8) is 0 Å². The Balaban J connectivity index is 2.15. The first-order valence-electron chi connectivity index (χ1n) is 5.21. The highest BCUT2D eigenvalue weighted by Gasteiger charge is 2.20. The fourth-order valence-corrected chi connectivity index (χ4v) is 2.14. The summed E-state index contributed by atoms with van der Waals surface area (Å²) in [6.07, 6.45) is -0.438. The van der Waals surface area contributed by atoms with Gasteiger partial charge in [0.15, 0.2) is 0 Å². The van der Waals surface area contributed by atoms with E-state index in [1.807, 2.05) is 20.8 Å². The number of hydrogen-bond acceptors (Lipinski definition) is 4. The maximum Gasteiger partial charge on any atom is 0.407 e. The van der Waals surface area contributed by atoms with Gasteiger partial charge in [-0.25, -0.2) is 4.79 Å². The number of ether oxygens (including phenoxy) is 1. The third-order valence-corrected chi connectivity index (χ3v) is 2.82. The summed E-state index contributed by atoms with van der Waals surface area (Å²) in [5.41, 5.74) is -0.483. The Bertz CT molecular complexity index is 276. The zero-order chi connectivity index (χ0) is 12.2. The zero-order valence-corrected chi connectivity index (χ0v) is 10.7. The third-order valence-electron chi connectivity index (χ3n) is 1.88. The highest BCUT2D eigenvalue weighted by atomic mass is 32.2.